The third-order valence-electron chi connectivity index (χ3n) is 8.88. The second-order valence-electron chi connectivity index (χ2n) is 12.5. The first-order valence-corrected chi connectivity index (χ1v) is 16.0. The van der Waals surface area contributed by atoms with Gasteiger partial charge in [0.25, 0.3) is 0 Å². The molecule has 1 aromatic heterocycles. The zero-order valence-electron chi connectivity index (χ0n) is 27.5. The fourth-order valence-electron chi connectivity index (χ4n) is 6.39. The Morgan fingerprint density at radius 3 is 2.38 bits per heavy atom. The van der Waals surface area contributed by atoms with Crippen LogP contribution in [0.2, 0.25) is 13.1 Å². The highest BCUT2D eigenvalue weighted by atomic mass is 16.2. The van der Waals surface area contributed by atoms with Gasteiger partial charge < -0.3 is 25.4 Å². The molecule has 3 aromatic rings. The molecule has 2 aliphatic rings. The Hall–Kier alpha value is -4.15. The van der Waals surface area contributed by atoms with E-state index in [1.54, 1.807) is 14.1 Å². The molecular weight excluding hydrogens is 567 g/mol. The van der Waals surface area contributed by atoms with Gasteiger partial charge in [-0.1, -0.05) is 69.1 Å². The largest absolute Gasteiger partial charge is 0.352 e. The number of fused-ring (bicyclic) bond motifs is 3. The first-order chi connectivity index (χ1) is 21.5. The molecule has 1 fully saturated rings. The molecular formula is C34H49BN6O4. The van der Waals surface area contributed by atoms with Crippen molar-refractivity contribution in [3.8, 4) is 0 Å². The molecule has 1 unspecified atom stereocenters. The van der Waals surface area contributed by atoms with Gasteiger partial charge >= 0.3 is 12.9 Å². The number of unbranched alkanes of at least 4 members (excludes halogenated alkanes) is 1. The first kappa shape index (κ1) is 35.3. The highest BCUT2D eigenvalue weighted by Crippen LogP contribution is 2.46. The number of piperidine rings is 1. The molecule has 1 saturated heterocycles. The van der Waals surface area contributed by atoms with Gasteiger partial charge in [-0.2, -0.15) is 4.91 Å². The normalized spacial score (nSPS) is 15.1. The van der Waals surface area contributed by atoms with E-state index in [1.165, 1.54) is 16.0 Å². The molecule has 2 aromatic carbocycles. The topological polar surface area (TPSA) is 130 Å². The predicted octanol–water partition coefficient (Wildman–Crippen LogP) is 5.14. The van der Waals surface area contributed by atoms with Crippen LogP contribution in [0, 0.1) is 4.91 Å². The zero-order valence-corrected chi connectivity index (χ0v) is 27.5. The maximum atomic E-state index is 13.5. The van der Waals surface area contributed by atoms with Crippen LogP contribution < -0.4 is 11.1 Å². The van der Waals surface area contributed by atoms with E-state index >= 15 is 0 Å². The molecule has 242 valence electrons. The fourth-order valence-corrected chi connectivity index (χ4v) is 6.39. The van der Waals surface area contributed by atoms with E-state index < -0.39 is 12.1 Å². The first-order valence-electron chi connectivity index (χ1n) is 16.0. The lowest BCUT2D eigenvalue weighted by atomic mass is 9.62. The van der Waals surface area contributed by atoms with E-state index in [-0.39, 0.29) is 18.2 Å². The third kappa shape index (κ3) is 9.42. The van der Waals surface area contributed by atoms with Crippen molar-refractivity contribution in [3.63, 3.8) is 0 Å². The molecule has 1 aliphatic carbocycles. The van der Waals surface area contributed by atoms with Crippen LogP contribution in [-0.2, 0) is 34.9 Å². The number of carbonyl (C=O) groups excluding carboxylic acids is 3. The number of urea groups is 1. The number of rotatable bonds is 9. The van der Waals surface area contributed by atoms with Gasteiger partial charge in [-0.05, 0) is 60.2 Å². The van der Waals surface area contributed by atoms with Gasteiger partial charge in [0, 0.05) is 57.8 Å². The summed E-state index contributed by atoms with van der Waals surface area (Å²) in [4.78, 5) is 47.8. The van der Waals surface area contributed by atoms with Gasteiger partial charge in [0.1, 0.15) is 6.04 Å². The van der Waals surface area contributed by atoms with Crippen molar-refractivity contribution in [2.24, 2.45) is 17.9 Å². The SMILES string of the molecule is CCCCB(C)N=O.CN(C)C=O.Cn1cc(CC(NC(N)=O)C(=O)N2CCC3(CCc4ccccc43)CC2)c2ccccc21. The number of hydrogen-bond acceptors (Lipinski definition) is 5. The molecule has 45 heavy (non-hydrogen) atoms. The lowest BCUT2D eigenvalue weighted by Gasteiger charge is -2.41. The molecule has 3 N–H and O–H groups in total. The predicted molar refractivity (Wildman–Crippen MR) is 182 cm³/mol. The molecule has 5 rings (SSSR count). The summed E-state index contributed by atoms with van der Waals surface area (Å²) in [5.74, 6) is -0.0436. The number of nitrogens with one attached hydrogen (secondary N) is 1. The van der Waals surface area contributed by atoms with E-state index in [4.69, 9.17) is 5.73 Å². The molecule has 2 heterocycles. The second kappa shape index (κ2) is 16.8. The van der Waals surface area contributed by atoms with E-state index in [0.29, 0.717) is 19.5 Å². The average Bonchev–Trinajstić information content (AvgIpc) is 3.56. The second-order valence-corrected chi connectivity index (χ2v) is 12.5. The Balaban J connectivity index is 0.000000359. The van der Waals surface area contributed by atoms with Crippen LogP contribution in [0.25, 0.3) is 10.9 Å². The van der Waals surface area contributed by atoms with Crippen molar-refractivity contribution in [2.75, 3.05) is 27.2 Å². The number of benzene rings is 2. The number of nitroso groups, excluding NO2 is 1. The van der Waals surface area contributed by atoms with Crippen molar-refractivity contribution < 1.29 is 14.4 Å². The quantitative estimate of drug-likeness (QED) is 0.196. The molecule has 1 aliphatic heterocycles. The minimum atomic E-state index is -0.665. The Bertz CT molecular complexity index is 1430. The highest BCUT2D eigenvalue weighted by Gasteiger charge is 2.42. The maximum absolute atomic E-state index is 13.5. The molecule has 10 nitrogen and oxygen atoms in total. The molecule has 0 saturated carbocycles. The standard InChI is InChI=1S/C26H30N4O2.C5H12BNO.C3H7NO/c1-29-17-19(20-7-3-5-9-23(20)29)16-22(28-25(27)32)24(31)30-14-12-26(13-15-30)11-10-18-6-2-4-8-21(18)26;1-3-4-5-6(2)7-8;1-4(2)3-5/h2-9,17,22H,10-16H2,1H3,(H3,27,28,32);3-5H2,1-2H3;3H,1-2H3. The van der Waals surface area contributed by atoms with E-state index in [9.17, 15) is 19.3 Å². The molecule has 11 heteroatoms. The van der Waals surface area contributed by atoms with Gasteiger partial charge in [-0.3, -0.25) is 9.59 Å². The highest BCUT2D eigenvalue weighted by molar-refractivity contribution is 6.55. The number of nitrogens with zero attached hydrogens (tertiary/aromatic N) is 4. The summed E-state index contributed by atoms with van der Waals surface area (Å²) in [5.41, 5.74) is 10.7. The van der Waals surface area contributed by atoms with Crippen molar-refractivity contribution in [1.29, 1.82) is 0 Å². The number of aryl methyl sites for hydroxylation is 2. The number of primary amides is 1. The van der Waals surface area contributed by atoms with Crippen LogP contribution in [-0.4, -0.2) is 72.8 Å². The Morgan fingerprint density at radius 1 is 1.11 bits per heavy atom. The van der Waals surface area contributed by atoms with Crippen LogP contribution in [0.5, 0.6) is 0 Å². The van der Waals surface area contributed by atoms with Crippen LogP contribution in [0.15, 0.2) is 59.8 Å². The number of para-hydroxylation sites is 1. The Kier molecular flexibility index (Phi) is 13.2. The van der Waals surface area contributed by atoms with Crippen LogP contribution in [0.1, 0.15) is 55.7 Å². The van der Waals surface area contributed by atoms with E-state index in [2.05, 4.69) is 58.3 Å². The number of carbonyl (C=O) groups is 3. The summed E-state index contributed by atoms with van der Waals surface area (Å²) in [7, 11) is 5.37. The molecule has 0 bridgehead atoms. The minimum Gasteiger partial charge on any atom is -0.352 e. The molecule has 1 spiro atoms. The zero-order chi connectivity index (χ0) is 33.0. The number of hydrogen-bond donors (Lipinski definition) is 2. The van der Waals surface area contributed by atoms with Gasteiger partial charge in [0.2, 0.25) is 12.3 Å². The number of nitrogens with two attached hydrogens (primary N) is 1. The van der Waals surface area contributed by atoms with Crippen LogP contribution in [0.4, 0.5) is 4.79 Å². The van der Waals surface area contributed by atoms with Crippen LogP contribution >= 0.6 is 0 Å². The smallest absolute Gasteiger partial charge is 0.334 e. The lowest BCUT2D eigenvalue weighted by Crippen LogP contribution is -2.54. The Labute approximate surface area is 267 Å². The van der Waals surface area contributed by atoms with Gasteiger partial charge in [-0.15, -0.1) is 5.09 Å². The van der Waals surface area contributed by atoms with E-state index in [0.717, 1.165) is 67.7 Å². The fraction of sp³-hybridized carbons (Fsp3) is 0.500. The average molecular weight is 617 g/mol. The maximum Gasteiger partial charge on any atom is 0.334 e. The number of aromatic nitrogens is 1. The number of amides is 4. The van der Waals surface area contributed by atoms with Gasteiger partial charge in [0.05, 0.1) is 0 Å². The summed E-state index contributed by atoms with van der Waals surface area (Å²) >= 11 is 0. The van der Waals surface area contributed by atoms with Gasteiger partial charge in [0.15, 0.2) is 0 Å². The summed E-state index contributed by atoms with van der Waals surface area (Å²) in [6.45, 7) is 5.40. The lowest BCUT2D eigenvalue weighted by molar-refractivity contribution is -0.134. The van der Waals surface area contributed by atoms with Crippen molar-refractivity contribution in [1.82, 2.24) is 19.7 Å². The summed E-state index contributed by atoms with van der Waals surface area (Å²) in [6, 6.07) is 15.5. The van der Waals surface area contributed by atoms with E-state index in [1.807, 2.05) is 37.1 Å². The summed E-state index contributed by atoms with van der Waals surface area (Å²) in [5, 5.41) is 6.69. The monoisotopic (exact) mass is 616 g/mol. The summed E-state index contributed by atoms with van der Waals surface area (Å²) < 4.78 is 2.05. The number of likely N-dealkylation sites (tertiary alicyclic amines) is 1. The molecule has 0 radical (unpaired) electrons. The molecule has 4 amide bonds. The molecule has 1 atom stereocenters. The van der Waals surface area contributed by atoms with Crippen molar-refractivity contribution >= 4 is 36.1 Å². The van der Waals surface area contributed by atoms with Crippen molar-refractivity contribution in [2.45, 2.75) is 76.5 Å². The Morgan fingerprint density at radius 2 is 1.76 bits per heavy atom. The van der Waals surface area contributed by atoms with Crippen molar-refractivity contribution in [3.05, 3.63) is 76.3 Å². The minimum absolute atomic E-state index is 0.0231. The van der Waals surface area contributed by atoms with Gasteiger partial charge in [-0.25, -0.2) is 4.79 Å². The third-order valence-corrected chi connectivity index (χ3v) is 8.88. The van der Waals surface area contributed by atoms with Crippen LogP contribution in [0.3, 0.4) is 0 Å². The summed E-state index contributed by atoms with van der Waals surface area (Å²) in [6.07, 6.45) is 10.6.